The fourth-order valence-electron chi connectivity index (χ4n) is 3.96. The highest BCUT2D eigenvalue weighted by Crippen LogP contribution is 2.35. The summed E-state index contributed by atoms with van der Waals surface area (Å²) in [5.41, 5.74) is 2.25. The molecular weight excluding hydrogens is 431 g/mol. The summed E-state index contributed by atoms with van der Waals surface area (Å²) in [5, 5.41) is 4.04. The zero-order valence-electron chi connectivity index (χ0n) is 17.5. The van der Waals surface area contributed by atoms with Crippen LogP contribution < -0.4 is 11.0 Å². The molecule has 2 unspecified atom stereocenters. The number of amides is 1. The summed E-state index contributed by atoms with van der Waals surface area (Å²) in [4.78, 5) is 32.3. The molecule has 4 rings (SSSR count). The molecule has 166 valence electrons. The van der Waals surface area contributed by atoms with Crippen LogP contribution in [0.25, 0.3) is 10.2 Å². The van der Waals surface area contributed by atoms with Crippen molar-refractivity contribution in [2.45, 2.75) is 59.2 Å². The normalized spacial score (nSPS) is 17.6. The van der Waals surface area contributed by atoms with Gasteiger partial charge in [-0.05, 0) is 57.6 Å². The van der Waals surface area contributed by atoms with E-state index in [9.17, 15) is 22.8 Å². The topological polar surface area (TPSA) is 81.8 Å². The van der Waals surface area contributed by atoms with E-state index in [1.54, 1.807) is 6.92 Å². The van der Waals surface area contributed by atoms with Crippen LogP contribution in [0.3, 0.4) is 0 Å². The molecule has 7 nitrogen and oxygen atoms in total. The van der Waals surface area contributed by atoms with Crippen molar-refractivity contribution in [1.29, 1.82) is 0 Å². The lowest BCUT2D eigenvalue weighted by atomic mass is 9.89. The maximum Gasteiger partial charge on any atom is 0.435 e. The molecule has 1 aliphatic carbocycles. The quantitative estimate of drug-likeness (QED) is 0.655. The Hall–Kier alpha value is -2.69. The van der Waals surface area contributed by atoms with Crippen LogP contribution in [0.15, 0.2) is 10.9 Å². The van der Waals surface area contributed by atoms with E-state index in [2.05, 4.69) is 22.4 Å². The number of hydrogen-bond acceptors (Lipinski definition) is 5. The Morgan fingerprint density at radius 1 is 1.35 bits per heavy atom. The van der Waals surface area contributed by atoms with Crippen molar-refractivity contribution in [3.05, 3.63) is 44.1 Å². The fraction of sp³-hybridized carbons (Fsp3) is 0.500. The second-order valence-electron chi connectivity index (χ2n) is 8.10. The largest absolute Gasteiger partial charge is 0.435 e. The molecule has 3 aromatic rings. The number of carbonyl (C=O) groups is 1. The van der Waals surface area contributed by atoms with Gasteiger partial charge in [-0.1, -0.05) is 6.92 Å². The first-order valence-corrected chi connectivity index (χ1v) is 10.8. The molecule has 1 amide bonds. The molecule has 0 aromatic carbocycles. The van der Waals surface area contributed by atoms with Crippen LogP contribution in [0.4, 0.5) is 13.2 Å². The summed E-state index contributed by atoms with van der Waals surface area (Å²) in [5.74, 6) is 0.185. The minimum absolute atomic E-state index is 0.189. The maximum atomic E-state index is 13.2. The number of aromatic nitrogens is 4. The molecule has 3 aromatic heterocycles. The average molecular weight is 453 g/mol. The van der Waals surface area contributed by atoms with Crippen LogP contribution in [-0.2, 0) is 23.8 Å². The summed E-state index contributed by atoms with van der Waals surface area (Å²) in [6, 6.07) is -0.177. The molecule has 0 saturated heterocycles. The minimum atomic E-state index is -4.61. The second kappa shape index (κ2) is 7.47. The Labute approximate surface area is 179 Å². The zero-order chi connectivity index (χ0) is 22.7. The van der Waals surface area contributed by atoms with Crippen LogP contribution in [-0.4, -0.2) is 25.3 Å². The van der Waals surface area contributed by atoms with Gasteiger partial charge < -0.3 is 0 Å². The molecule has 11 heteroatoms. The minimum Gasteiger partial charge on any atom is -0.271 e. The number of hydrogen-bond donors (Lipinski definition) is 1. The number of nitrogens with one attached hydrogen (secondary N) is 1. The van der Waals surface area contributed by atoms with Crippen LogP contribution in [0.2, 0.25) is 0 Å². The Balaban J connectivity index is 1.68. The number of carbonyl (C=O) groups excluding carboxylic acids is 1. The summed E-state index contributed by atoms with van der Waals surface area (Å²) in [6.07, 6.45) is -1.94. The van der Waals surface area contributed by atoms with Crippen LogP contribution >= 0.6 is 11.3 Å². The van der Waals surface area contributed by atoms with E-state index >= 15 is 0 Å². The molecule has 1 N–H and O–H groups in total. The predicted octanol–water partition coefficient (Wildman–Crippen LogP) is 3.75. The molecule has 2 atom stereocenters. The predicted molar refractivity (Wildman–Crippen MR) is 111 cm³/mol. The highest BCUT2D eigenvalue weighted by Gasteiger charge is 2.35. The number of nitrogens with zero attached hydrogens (tertiary/aromatic N) is 4. The van der Waals surface area contributed by atoms with Crippen molar-refractivity contribution in [2.75, 3.05) is 5.43 Å². The van der Waals surface area contributed by atoms with E-state index in [1.807, 2.05) is 0 Å². The third-order valence-electron chi connectivity index (χ3n) is 5.68. The van der Waals surface area contributed by atoms with Gasteiger partial charge in [0.05, 0.1) is 5.39 Å². The van der Waals surface area contributed by atoms with Gasteiger partial charge in [0.1, 0.15) is 16.7 Å². The monoisotopic (exact) mass is 453 g/mol. The van der Waals surface area contributed by atoms with Crippen LogP contribution in [0.5, 0.6) is 0 Å². The molecule has 0 bridgehead atoms. The molecule has 0 aliphatic heterocycles. The van der Waals surface area contributed by atoms with Gasteiger partial charge in [-0.25, -0.2) is 9.66 Å². The molecule has 0 radical (unpaired) electrons. The Kier molecular flexibility index (Phi) is 5.19. The van der Waals surface area contributed by atoms with Gasteiger partial charge >= 0.3 is 6.18 Å². The Morgan fingerprint density at radius 2 is 2.06 bits per heavy atom. The first kappa shape index (κ1) is 21.5. The smallest absolute Gasteiger partial charge is 0.271 e. The molecule has 0 fully saturated rings. The Bertz CT molecular complexity index is 1240. The number of halogens is 3. The fourth-order valence-corrected chi connectivity index (χ4v) is 5.38. The first-order chi connectivity index (χ1) is 14.5. The van der Waals surface area contributed by atoms with E-state index in [-0.39, 0.29) is 11.3 Å². The summed E-state index contributed by atoms with van der Waals surface area (Å²) >= 11 is 1.51. The summed E-state index contributed by atoms with van der Waals surface area (Å²) < 4.78 is 40.9. The van der Waals surface area contributed by atoms with E-state index in [4.69, 9.17) is 0 Å². The van der Waals surface area contributed by atoms with Gasteiger partial charge in [0, 0.05) is 10.6 Å². The third-order valence-corrected chi connectivity index (χ3v) is 6.83. The summed E-state index contributed by atoms with van der Waals surface area (Å²) in [6.45, 7) is 6.65. The van der Waals surface area contributed by atoms with Gasteiger partial charge in [0.15, 0.2) is 5.69 Å². The lowest BCUT2D eigenvalue weighted by molar-refractivity contribution is -0.141. The molecule has 1 aliphatic rings. The molecule has 0 spiro atoms. The second-order valence-corrected chi connectivity index (χ2v) is 9.18. The number of thiophene rings is 1. The lowest BCUT2D eigenvalue weighted by Gasteiger charge is -2.18. The number of fused-ring (bicyclic) bond motifs is 3. The number of alkyl halides is 3. The highest BCUT2D eigenvalue weighted by atomic mass is 32.1. The van der Waals surface area contributed by atoms with Gasteiger partial charge in [-0.15, -0.1) is 11.3 Å². The molecular formula is C20H22F3N5O2S. The molecule has 0 saturated carbocycles. The van der Waals surface area contributed by atoms with Crippen LogP contribution in [0.1, 0.15) is 54.0 Å². The SMILES string of the molecule is Cc1cc(C(F)(F)F)nn1C(C)C(=O)Nn1c(C)nc2sc3c(c2c1=O)CCC(C)C3. The van der Waals surface area contributed by atoms with Gasteiger partial charge in [-0.2, -0.15) is 18.3 Å². The van der Waals surface area contributed by atoms with Crippen molar-refractivity contribution in [2.24, 2.45) is 5.92 Å². The molecule has 31 heavy (non-hydrogen) atoms. The first-order valence-electron chi connectivity index (χ1n) is 9.95. The van der Waals surface area contributed by atoms with E-state index in [0.29, 0.717) is 22.0 Å². The average Bonchev–Trinajstić information content (AvgIpc) is 3.23. The van der Waals surface area contributed by atoms with E-state index < -0.39 is 23.8 Å². The van der Waals surface area contributed by atoms with Crippen molar-refractivity contribution >= 4 is 27.5 Å². The van der Waals surface area contributed by atoms with E-state index in [0.717, 1.165) is 45.1 Å². The van der Waals surface area contributed by atoms with E-state index in [1.165, 1.54) is 25.2 Å². The highest BCUT2D eigenvalue weighted by molar-refractivity contribution is 7.18. The number of aryl methyl sites for hydroxylation is 3. The van der Waals surface area contributed by atoms with Crippen LogP contribution in [0, 0.1) is 19.8 Å². The van der Waals surface area contributed by atoms with Crippen molar-refractivity contribution in [1.82, 2.24) is 19.4 Å². The van der Waals surface area contributed by atoms with Gasteiger partial charge in [-0.3, -0.25) is 19.7 Å². The standard InChI is InChI=1S/C20H22F3N5O2S/c1-9-5-6-13-14(7-9)31-18-16(13)19(30)28(12(4)24-18)26-17(29)11(3)27-10(2)8-15(25-27)20(21,22)23/h8-9,11H,5-7H2,1-4H3,(H,26,29). The maximum absolute atomic E-state index is 13.2. The third kappa shape index (κ3) is 3.75. The van der Waals surface area contributed by atoms with Crippen molar-refractivity contribution in [3.63, 3.8) is 0 Å². The van der Waals surface area contributed by atoms with Crippen molar-refractivity contribution < 1.29 is 18.0 Å². The molecule has 3 heterocycles. The summed E-state index contributed by atoms with van der Waals surface area (Å²) in [7, 11) is 0. The Morgan fingerprint density at radius 3 is 2.71 bits per heavy atom. The van der Waals surface area contributed by atoms with Gasteiger partial charge in [0.25, 0.3) is 11.5 Å². The van der Waals surface area contributed by atoms with Gasteiger partial charge in [0.2, 0.25) is 0 Å². The lowest BCUT2D eigenvalue weighted by Crippen LogP contribution is -2.39. The number of rotatable bonds is 3. The zero-order valence-corrected chi connectivity index (χ0v) is 18.3. The van der Waals surface area contributed by atoms with Crippen molar-refractivity contribution in [3.8, 4) is 0 Å².